The number of hydrogen-bond donors (Lipinski definition) is 2. The average Bonchev–Trinajstić information content (AvgIpc) is 2.75. The van der Waals surface area contributed by atoms with Gasteiger partial charge in [0.1, 0.15) is 0 Å². The minimum absolute atomic E-state index is 0.238. The lowest BCUT2D eigenvalue weighted by atomic mass is 9.98. The van der Waals surface area contributed by atoms with E-state index in [2.05, 4.69) is 22.4 Å². The molecule has 0 aromatic carbocycles. The van der Waals surface area contributed by atoms with E-state index in [4.69, 9.17) is 0 Å². The van der Waals surface area contributed by atoms with Gasteiger partial charge in [0.15, 0.2) is 5.03 Å². The van der Waals surface area contributed by atoms with Crippen molar-refractivity contribution in [1.82, 2.24) is 19.8 Å². The summed E-state index contributed by atoms with van der Waals surface area (Å²) in [7, 11) is -1.66. The lowest BCUT2D eigenvalue weighted by molar-refractivity contribution is 0.405. The van der Waals surface area contributed by atoms with E-state index in [1.807, 2.05) is 0 Å². The molecule has 6 nitrogen and oxygen atoms in total. The van der Waals surface area contributed by atoms with Crippen molar-refractivity contribution in [3.8, 4) is 0 Å². The Morgan fingerprint density at radius 2 is 2.25 bits per heavy atom. The molecule has 114 valence electrons. The number of nitrogens with zero attached hydrogens (tertiary/aromatic N) is 2. The van der Waals surface area contributed by atoms with Crippen LogP contribution in [0.2, 0.25) is 0 Å². The third-order valence-corrected chi connectivity index (χ3v) is 5.94. The first-order valence-corrected chi connectivity index (χ1v) is 8.70. The van der Waals surface area contributed by atoms with Crippen LogP contribution in [0.5, 0.6) is 0 Å². The monoisotopic (exact) mass is 300 g/mol. The number of hydrogen-bond acceptors (Lipinski definition) is 4. The van der Waals surface area contributed by atoms with E-state index in [9.17, 15) is 8.42 Å². The number of rotatable bonds is 5. The summed E-state index contributed by atoms with van der Waals surface area (Å²) in [6.45, 7) is 3.89. The molecule has 1 saturated heterocycles. The Balaban J connectivity index is 2.19. The van der Waals surface area contributed by atoms with Crippen LogP contribution >= 0.6 is 0 Å². The Labute approximate surface area is 121 Å². The van der Waals surface area contributed by atoms with Crippen molar-refractivity contribution in [3.63, 3.8) is 0 Å². The average molecular weight is 300 g/mol. The summed E-state index contributed by atoms with van der Waals surface area (Å²) in [6.07, 6.45) is 5.71. The van der Waals surface area contributed by atoms with Crippen molar-refractivity contribution in [1.29, 1.82) is 0 Å². The number of sulfonamides is 1. The molecule has 0 amide bonds. The molecule has 0 spiro atoms. The maximum absolute atomic E-state index is 12.7. The van der Waals surface area contributed by atoms with Gasteiger partial charge in [-0.25, -0.2) is 8.42 Å². The van der Waals surface area contributed by atoms with Crippen molar-refractivity contribution in [2.24, 2.45) is 5.92 Å². The molecule has 2 rings (SSSR count). The van der Waals surface area contributed by atoms with E-state index in [1.165, 1.54) is 0 Å². The largest absolute Gasteiger partial charge is 0.316 e. The van der Waals surface area contributed by atoms with Crippen molar-refractivity contribution >= 4 is 10.0 Å². The van der Waals surface area contributed by atoms with Gasteiger partial charge in [-0.3, -0.25) is 5.10 Å². The molecule has 0 bridgehead atoms. The zero-order valence-electron chi connectivity index (χ0n) is 12.2. The molecule has 0 saturated carbocycles. The third-order valence-electron chi connectivity index (χ3n) is 4.03. The van der Waals surface area contributed by atoms with Gasteiger partial charge in [-0.05, 0) is 32.2 Å². The smallest absolute Gasteiger partial charge is 0.260 e. The van der Waals surface area contributed by atoms with E-state index < -0.39 is 10.0 Å². The first-order valence-electron chi connectivity index (χ1n) is 7.26. The molecule has 1 aliphatic rings. The molecular formula is C13H24N4O2S. The maximum Gasteiger partial charge on any atom is 0.260 e. The summed E-state index contributed by atoms with van der Waals surface area (Å²) in [6, 6.07) is 0. The highest BCUT2D eigenvalue weighted by Gasteiger charge is 2.30. The number of nitrogens with one attached hydrogen (secondary N) is 2. The van der Waals surface area contributed by atoms with Gasteiger partial charge in [-0.1, -0.05) is 13.3 Å². The van der Waals surface area contributed by atoms with Gasteiger partial charge in [0.2, 0.25) is 0 Å². The molecule has 0 radical (unpaired) electrons. The first kappa shape index (κ1) is 15.5. The van der Waals surface area contributed by atoms with Gasteiger partial charge in [-0.15, -0.1) is 0 Å². The minimum Gasteiger partial charge on any atom is -0.316 e. The molecule has 1 aromatic rings. The fourth-order valence-electron chi connectivity index (χ4n) is 2.76. The molecule has 1 aliphatic heterocycles. The second-order valence-electron chi connectivity index (χ2n) is 5.36. The molecule has 0 aliphatic carbocycles. The summed E-state index contributed by atoms with van der Waals surface area (Å²) in [5, 5.41) is 9.75. The predicted molar refractivity (Wildman–Crippen MR) is 77.7 cm³/mol. The Hall–Kier alpha value is -0.920. The van der Waals surface area contributed by atoms with Crippen molar-refractivity contribution in [3.05, 3.63) is 11.8 Å². The summed E-state index contributed by atoms with van der Waals surface area (Å²) in [5.74, 6) is 0.647. The van der Waals surface area contributed by atoms with E-state index in [-0.39, 0.29) is 5.03 Å². The number of aromatic nitrogens is 2. The zero-order chi connectivity index (χ0) is 14.6. The zero-order valence-corrected chi connectivity index (χ0v) is 13.0. The van der Waals surface area contributed by atoms with Crippen LogP contribution in [-0.2, 0) is 16.6 Å². The third kappa shape index (κ3) is 3.21. The molecule has 1 aromatic heterocycles. The topological polar surface area (TPSA) is 78.1 Å². The van der Waals surface area contributed by atoms with Gasteiger partial charge in [0.05, 0.1) is 6.20 Å². The molecule has 2 N–H and O–H groups in total. The minimum atomic E-state index is -3.45. The van der Waals surface area contributed by atoms with Gasteiger partial charge >= 0.3 is 0 Å². The normalized spacial score (nSPS) is 21.8. The van der Waals surface area contributed by atoms with Crippen LogP contribution in [-0.4, -0.2) is 43.1 Å². The standard InChI is InChI=1S/C13H24N4O2S/c1-3-11-5-4-7-17(8-6-11)20(18,19)13-12(9-14-2)10-15-16-13/h10-11,14H,3-9H2,1-2H3,(H,15,16). The summed E-state index contributed by atoms with van der Waals surface area (Å²) < 4.78 is 27.0. The van der Waals surface area contributed by atoms with Crippen molar-refractivity contribution < 1.29 is 8.42 Å². The molecule has 1 atom stereocenters. The van der Waals surface area contributed by atoms with Crippen LogP contribution in [0, 0.1) is 5.92 Å². The fraction of sp³-hybridized carbons (Fsp3) is 0.769. The first-order chi connectivity index (χ1) is 9.59. The lowest BCUT2D eigenvalue weighted by Gasteiger charge is -2.20. The number of aromatic amines is 1. The Bertz CT molecular complexity index is 526. The Morgan fingerprint density at radius 3 is 2.95 bits per heavy atom. The Kier molecular flexibility index (Phi) is 5.17. The fourth-order valence-corrected chi connectivity index (χ4v) is 4.35. The van der Waals surface area contributed by atoms with Crippen LogP contribution in [0.1, 0.15) is 38.2 Å². The molecule has 7 heteroatoms. The van der Waals surface area contributed by atoms with Gasteiger partial charge in [-0.2, -0.15) is 9.40 Å². The number of H-pyrrole nitrogens is 1. The van der Waals surface area contributed by atoms with Crippen LogP contribution in [0.4, 0.5) is 0 Å². The van der Waals surface area contributed by atoms with Gasteiger partial charge in [0.25, 0.3) is 10.0 Å². The van der Waals surface area contributed by atoms with E-state index in [0.29, 0.717) is 31.1 Å². The van der Waals surface area contributed by atoms with Crippen molar-refractivity contribution in [2.75, 3.05) is 20.1 Å². The highest BCUT2D eigenvalue weighted by atomic mass is 32.2. The highest BCUT2D eigenvalue weighted by molar-refractivity contribution is 7.89. The van der Waals surface area contributed by atoms with E-state index in [0.717, 1.165) is 25.7 Å². The lowest BCUT2D eigenvalue weighted by Crippen LogP contribution is -2.33. The van der Waals surface area contributed by atoms with Crippen LogP contribution in [0.3, 0.4) is 0 Å². The summed E-state index contributed by atoms with van der Waals surface area (Å²) >= 11 is 0. The quantitative estimate of drug-likeness (QED) is 0.860. The molecule has 1 fully saturated rings. The highest BCUT2D eigenvalue weighted by Crippen LogP contribution is 2.25. The maximum atomic E-state index is 12.7. The van der Waals surface area contributed by atoms with Crippen LogP contribution in [0.15, 0.2) is 11.2 Å². The van der Waals surface area contributed by atoms with Gasteiger partial charge < -0.3 is 5.32 Å². The molecular weight excluding hydrogens is 276 g/mol. The predicted octanol–water partition coefficient (Wildman–Crippen LogP) is 1.33. The van der Waals surface area contributed by atoms with Gasteiger partial charge in [0, 0.05) is 25.2 Å². The SMILES string of the molecule is CCC1CCCN(S(=O)(=O)c2[nH]ncc2CNC)CC1. The second kappa shape index (κ2) is 6.69. The van der Waals surface area contributed by atoms with Crippen molar-refractivity contribution in [2.45, 2.75) is 44.2 Å². The Morgan fingerprint density at radius 1 is 1.45 bits per heavy atom. The second-order valence-corrected chi connectivity index (χ2v) is 7.24. The molecule has 20 heavy (non-hydrogen) atoms. The summed E-state index contributed by atoms with van der Waals surface area (Å²) in [5.41, 5.74) is 0.698. The van der Waals surface area contributed by atoms with Crippen LogP contribution < -0.4 is 5.32 Å². The van der Waals surface area contributed by atoms with E-state index in [1.54, 1.807) is 17.5 Å². The van der Waals surface area contributed by atoms with Crippen LogP contribution in [0.25, 0.3) is 0 Å². The summed E-state index contributed by atoms with van der Waals surface area (Å²) in [4.78, 5) is 0. The molecule has 1 unspecified atom stereocenters. The van der Waals surface area contributed by atoms with E-state index >= 15 is 0 Å². The molecule has 2 heterocycles.